The molecule has 0 saturated carbocycles. The van der Waals surface area contributed by atoms with Crippen LogP contribution in [0, 0.1) is 0 Å². The van der Waals surface area contributed by atoms with Crippen molar-refractivity contribution in [1.29, 1.82) is 0 Å². The lowest BCUT2D eigenvalue weighted by atomic mass is 10.1. The molecule has 5 heterocycles. The van der Waals surface area contributed by atoms with Crippen LogP contribution in [0.1, 0.15) is 25.1 Å². The van der Waals surface area contributed by atoms with E-state index in [2.05, 4.69) is 35.1 Å². The molecule has 3 aromatic rings. The average Bonchev–Trinajstić information content (AvgIpc) is 3.47. The van der Waals surface area contributed by atoms with Crippen molar-refractivity contribution in [3.63, 3.8) is 0 Å². The van der Waals surface area contributed by atoms with Gasteiger partial charge in [-0.3, -0.25) is 19.2 Å². The number of imidazole rings is 1. The van der Waals surface area contributed by atoms with Gasteiger partial charge in [0.1, 0.15) is 11.3 Å². The predicted octanol–water partition coefficient (Wildman–Crippen LogP) is 1.01. The van der Waals surface area contributed by atoms with Crippen LogP contribution in [0.3, 0.4) is 0 Å². The van der Waals surface area contributed by atoms with Gasteiger partial charge in [0.05, 0.1) is 39.0 Å². The van der Waals surface area contributed by atoms with Crippen LogP contribution in [0.5, 0.6) is 5.75 Å². The molecule has 2 N–H and O–H groups in total. The lowest BCUT2D eigenvalue weighted by Gasteiger charge is -2.37. The number of rotatable bonds is 10. The molecular weight excluding hydrogens is 590 g/mol. The van der Waals surface area contributed by atoms with Gasteiger partial charge in [-0.05, 0) is 25.0 Å². The fourth-order valence-electron chi connectivity index (χ4n) is 6.10. The Bertz CT molecular complexity index is 1450. The van der Waals surface area contributed by atoms with Gasteiger partial charge in [0, 0.05) is 64.9 Å². The van der Waals surface area contributed by atoms with Gasteiger partial charge < -0.3 is 29.7 Å². The Morgan fingerprint density at radius 1 is 1.00 bits per heavy atom. The number of β-amino-alcohol motifs (C(OH)–C–C–N with tert-alkyl or cyclic N) is 1. The molecule has 244 valence electrons. The number of alkyl halides is 2. The number of morpholine rings is 1. The molecule has 1 aromatic carbocycles. The Morgan fingerprint density at radius 3 is 2.40 bits per heavy atom. The molecule has 0 unspecified atom stereocenters. The zero-order chi connectivity index (χ0) is 31.3. The van der Waals surface area contributed by atoms with Crippen molar-refractivity contribution in [3.8, 4) is 11.7 Å². The first-order valence-electron chi connectivity index (χ1n) is 15.5. The van der Waals surface area contributed by atoms with Crippen LogP contribution in [0.2, 0.25) is 0 Å². The summed E-state index contributed by atoms with van der Waals surface area (Å²) in [4.78, 5) is 39.4. The summed E-state index contributed by atoms with van der Waals surface area (Å²) < 4.78 is 40.8. The van der Waals surface area contributed by atoms with Gasteiger partial charge in [-0.1, -0.05) is 6.07 Å². The van der Waals surface area contributed by atoms with Crippen LogP contribution < -0.4 is 15.0 Å². The fourth-order valence-corrected chi connectivity index (χ4v) is 6.10. The fraction of sp³-hybridized carbons (Fsp3) is 0.621. The van der Waals surface area contributed by atoms with Crippen molar-refractivity contribution in [2.75, 3.05) is 103 Å². The molecule has 3 saturated heterocycles. The number of aromatic nitrogens is 5. The number of aliphatic hydroxyl groups is 1. The second-order valence-electron chi connectivity index (χ2n) is 11.4. The zero-order valence-corrected chi connectivity index (χ0v) is 25.4. The second kappa shape index (κ2) is 14.1. The minimum Gasteiger partial charge on any atom is -0.494 e. The molecule has 0 bridgehead atoms. The van der Waals surface area contributed by atoms with Crippen molar-refractivity contribution < 1.29 is 28.2 Å². The van der Waals surface area contributed by atoms with Crippen molar-refractivity contribution in [3.05, 3.63) is 24.0 Å². The number of carbonyl (C=O) groups is 1. The number of benzene rings is 1. The minimum absolute atomic E-state index is 0.0157. The van der Waals surface area contributed by atoms with Crippen molar-refractivity contribution in [2.45, 2.75) is 25.3 Å². The monoisotopic (exact) mass is 630 g/mol. The number of hydrogen-bond donors (Lipinski definition) is 2. The number of ether oxygens (including phenoxy) is 2. The van der Waals surface area contributed by atoms with Gasteiger partial charge in [-0.15, -0.1) is 0 Å². The van der Waals surface area contributed by atoms with Crippen LogP contribution in [0.15, 0.2) is 18.2 Å². The number of para-hydroxylation sites is 1. The number of aliphatic hydroxyl groups excluding tert-OH is 1. The number of piperidine rings is 1. The van der Waals surface area contributed by atoms with Crippen LogP contribution >= 0.6 is 0 Å². The first kappa shape index (κ1) is 31.3. The highest BCUT2D eigenvalue weighted by Crippen LogP contribution is 2.32. The van der Waals surface area contributed by atoms with Crippen LogP contribution in [0.25, 0.3) is 17.0 Å². The SMILES string of the molecule is COc1cccc2c1nc(C(F)F)n2-c1nc(NC2CCN(C(=O)CN3CCN(CCO)CC3)CC2)nc(N2CCOCC2)n1. The summed E-state index contributed by atoms with van der Waals surface area (Å²) in [6, 6.07) is 5.05. The Hall–Kier alpha value is -3.73. The van der Waals surface area contributed by atoms with Crippen molar-refractivity contribution in [1.82, 2.24) is 39.2 Å². The van der Waals surface area contributed by atoms with Crippen LogP contribution in [-0.4, -0.2) is 149 Å². The zero-order valence-electron chi connectivity index (χ0n) is 25.4. The normalized spacial score (nSPS) is 19.0. The van der Waals surface area contributed by atoms with E-state index in [-0.39, 0.29) is 30.5 Å². The number of halogens is 2. The number of likely N-dealkylation sites (tertiary alicyclic amines) is 1. The van der Waals surface area contributed by atoms with E-state index in [0.717, 1.165) is 26.2 Å². The lowest BCUT2D eigenvalue weighted by molar-refractivity contribution is -0.133. The summed E-state index contributed by atoms with van der Waals surface area (Å²) in [5.74, 6) is 0.676. The second-order valence-corrected chi connectivity index (χ2v) is 11.4. The largest absolute Gasteiger partial charge is 0.494 e. The molecular formula is C29H40F2N10O4. The van der Waals surface area contributed by atoms with E-state index in [9.17, 15) is 13.6 Å². The molecule has 3 aliphatic rings. The van der Waals surface area contributed by atoms with E-state index in [0.29, 0.717) is 88.1 Å². The highest BCUT2D eigenvalue weighted by Gasteiger charge is 2.29. The van der Waals surface area contributed by atoms with Crippen molar-refractivity contribution >= 4 is 28.8 Å². The topological polar surface area (TPSA) is 137 Å². The van der Waals surface area contributed by atoms with Gasteiger partial charge in [0.15, 0.2) is 5.82 Å². The number of anilines is 2. The summed E-state index contributed by atoms with van der Waals surface area (Å²) in [5, 5.41) is 12.6. The standard InChI is InChI=1S/C29H40F2N10O4/c1-44-22-4-2-3-21-24(22)33-26(25(30)31)41(21)29-35-27(34-28(36-29)40-14-17-45-18-15-40)32-20-5-7-39(8-6-20)23(43)19-38-11-9-37(10-12-38)13-16-42/h2-4,20,25,42H,5-19H2,1H3,(H,32,34,35,36). The summed E-state index contributed by atoms with van der Waals surface area (Å²) in [7, 11) is 1.47. The molecule has 16 heteroatoms. The third-order valence-corrected chi connectivity index (χ3v) is 8.62. The maximum atomic E-state index is 14.3. The number of nitrogens with one attached hydrogen (secondary N) is 1. The molecule has 6 rings (SSSR count). The smallest absolute Gasteiger partial charge is 0.296 e. The van der Waals surface area contributed by atoms with Gasteiger partial charge in [-0.25, -0.2) is 13.8 Å². The quantitative estimate of drug-likeness (QED) is 0.331. The van der Waals surface area contributed by atoms with Crippen LogP contribution in [0.4, 0.5) is 20.7 Å². The molecule has 45 heavy (non-hydrogen) atoms. The first-order chi connectivity index (χ1) is 21.9. The van der Waals surface area contributed by atoms with E-state index in [1.807, 2.05) is 9.80 Å². The van der Waals surface area contributed by atoms with Gasteiger partial charge in [-0.2, -0.15) is 15.0 Å². The molecule has 14 nitrogen and oxygen atoms in total. The Morgan fingerprint density at radius 2 is 1.71 bits per heavy atom. The number of carbonyl (C=O) groups excluding carboxylic acids is 1. The molecule has 1 amide bonds. The molecule has 0 aliphatic carbocycles. The summed E-state index contributed by atoms with van der Waals surface area (Å²) in [6.07, 6.45) is -1.50. The number of fused-ring (bicyclic) bond motifs is 1. The predicted molar refractivity (Wildman–Crippen MR) is 162 cm³/mol. The first-order valence-corrected chi connectivity index (χ1v) is 15.5. The van der Waals surface area contributed by atoms with Gasteiger partial charge >= 0.3 is 0 Å². The van der Waals surface area contributed by atoms with E-state index in [1.165, 1.54) is 11.7 Å². The lowest BCUT2D eigenvalue weighted by Crippen LogP contribution is -2.52. The Balaban J connectivity index is 1.19. The molecule has 3 aliphatic heterocycles. The number of amides is 1. The number of piperazine rings is 1. The minimum atomic E-state index is -2.88. The van der Waals surface area contributed by atoms with Gasteiger partial charge in [0.25, 0.3) is 6.43 Å². The third kappa shape index (κ3) is 7.08. The van der Waals surface area contributed by atoms with E-state index >= 15 is 0 Å². The van der Waals surface area contributed by atoms with E-state index < -0.39 is 12.2 Å². The molecule has 3 fully saturated rings. The maximum absolute atomic E-state index is 14.3. The maximum Gasteiger partial charge on any atom is 0.296 e. The molecule has 0 radical (unpaired) electrons. The summed E-state index contributed by atoms with van der Waals surface area (Å²) in [5.41, 5.74) is 0.693. The Kier molecular flexibility index (Phi) is 9.82. The van der Waals surface area contributed by atoms with E-state index in [4.69, 9.17) is 14.6 Å². The highest BCUT2D eigenvalue weighted by molar-refractivity contribution is 5.84. The number of hydrogen-bond acceptors (Lipinski definition) is 12. The number of methoxy groups -OCH3 is 1. The summed E-state index contributed by atoms with van der Waals surface area (Å²) in [6.45, 7) is 7.82. The Labute approximate surface area is 259 Å². The average molecular weight is 631 g/mol. The summed E-state index contributed by atoms with van der Waals surface area (Å²) >= 11 is 0. The van der Waals surface area contributed by atoms with Crippen molar-refractivity contribution in [2.24, 2.45) is 0 Å². The molecule has 0 spiro atoms. The number of nitrogens with zero attached hydrogens (tertiary/aromatic N) is 9. The highest BCUT2D eigenvalue weighted by atomic mass is 19.3. The molecule has 0 atom stereocenters. The van der Waals surface area contributed by atoms with Gasteiger partial charge in [0.2, 0.25) is 23.8 Å². The van der Waals surface area contributed by atoms with E-state index in [1.54, 1.807) is 18.2 Å². The third-order valence-electron chi connectivity index (χ3n) is 8.62. The van der Waals surface area contributed by atoms with Crippen LogP contribution in [-0.2, 0) is 9.53 Å². The molecule has 2 aromatic heterocycles.